The number of aryl methyl sites for hydroxylation is 1. The number of carbonyl (C=O) groups excluding carboxylic acids is 2. The van der Waals surface area contributed by atoms with Crippen molar-refractivity contribution in [1.29, 1.82) is 0 Å². The Balaban J connectivity index is 2.02. The summed E-state index contributed by atoms with van der Waals surface area (Å²) in [6.45, 7) is 1.89. The third-order valence-corrected chi connectivity index (χ3v) is 4.12. The molecular formula is C19H21N3O5. The van der Waals surface area contributed by atoms with Gasteiger partial charge < -0.3 is 15.0 Å². The summed E-state index contributed by atoms with van der Waals surface area (Å²) in [5, 5.41) is 13.7. The number of esters is 1. The van der Waals surface area contributed by atoms with Gasteiger partial charge in [0.1, 0.15) is 0 Å². The Labute approximate surface area is 156 Å². The van der Waals surface area contributed by atoms with E-state index in [0.717, 1.165) is 17.2 Å². The number of nitro groups is 1. The van der Waals surface area contributed by atoms with E-state index in [9.17, 15) is 19.7 Å². The summed E-state index contributed by atoms with van der Waals surface area (Å²) in [4.78, 5) is 36.3. The van der Waals surface area contributed by atoms with Crippen molar-refractivity contribution in [2.24, 2.45) is 0 Å². The zero-order chi connectivity index (χ0) is 20.0. The number of carbonyl (C=O) groups is 2. The molecular weight excluding hydrogens is 350 g/mol. The van der Waals surface area contributed by atoms with Gasteiger partial charge in [-0.15, -0.1) is 0 Å². The predicted molar refractivity (Wildman–Crippen MR) is 101 cm³/mol. The Morgan fingerprint density at radius 2 is 1.93 bits per heavy atom. The van der Waals surface area contributed by atoms with E-state index >= 15 is 0 Å². The summed E-state index contributed by atoms with van der Waals surface area (Å²) in [5.74, 6) is -1.18. The van der Waals surface area contributed by atoms with Crippen LogP contribution in [0.4, 0.5) is 11.4 Å². The van der Waals surface area contributed by atoms with Crippen molar-refractivity contribution in [3.8, 4) is 0 Å². The SMILES string of the molecule is CNc1ccc([N+](=O)[O-])cc1C(=O)OCC(=O)N(C)Cc1ccccc1C. The smallest absolute Gasteiger partial charge is 0.341 e. The molecule has 1 N–H and O–H groups in total. The molecule has 0 fully saturated rings. The fourth-order valence-corrected chi connectivity index (χ4v) is 2.48. The number of rotatable bonds is 7. The van der Waals surface area contributed by atoms with Crippen molar-refractivity contribution in [1.82, 2.24) is 4.90 Å². The molecule has 0 aliphatic heterocycles. The molecule has 0 heterocycles. The van der Waals surface area contributed by atoms with Crippen LogP contribution in [0.5, 0.6) is 0 Å². The van der Waals surface area contributed by atoms with E-state index in [0.29, 0.717) is 12.2 Å². The molecule has 1 amide bonds. The first-order chi connectivity index (χ1) is 12.8. The molecule has 0 atom stereocenters. The maximum Gasteiger partial charge on any atom is 0.341 e. The lowest BCUT2D eigenvalue weighted by Crippen LogP contribution is -2.31. The van der Waals surface area contributed by atoms with Crippen LogP contribution in [0, 0.1) is 17.0 Å². The van der Waals surface area contributed by atoms with Gasteiger partial charge in [0.15, 0.2) is 6.61 Å². The molecule has 0 bridgehead atoms. The molecule has 0 saturated heterocycles. The number of nitrogens with one attached hydrogen (secondary N) is 1. The Morgan fingerprint density at radius 3 is 2.56 bits per heavy atom. The van der Waals surface area contributed by atoms with Crippen LogP contribution in [0.2, 0.25) is 0 Å². The minimum Gasteiger partial charge on any atom is -0.452 e. The quantitative estimate of drug-likeness (QED) is 0.456. The number of ether oxygens (including phenoxy) is 1. The first-order valence-electron chi connectivity index (χ1n) is 8.25. The number of hydrogen-bond acceptors (Lipinski definition) is 6. The van der Waals surface area contributed by atoms with Crippen molar-refractivity contribution < 1.29 is 19.2 Å². The lowest BCUT2D eigenvalue weighted by Gasteiger charge is -2.18. The molecule has 27 heavy (non-hydrogen) atoms. The normalized spacial score (nSPS) is 10.2. The molecule has 2 aromatic rings. The van der Waals surface area contributed by atoms with Crippen LogP contribution in [0.1, 0.15) is 21.5 Å². The summed E-state index contributed by atoms with van der Waals surface area (Å²) in [7, 11) is 3.20. The molecule has 2 rings (SSSR count). The van der Waals surface area contributed by atoms with Crippen molar-refractivity contribution >= 4 is 23.3 Å². The van der Waals surface area contributed by atoms with Gasteiger partial charge in [0.05, 0.1) is 10.5 Å². The van der Waals surface area contributed by atoms with Crippen molar-refractivity contribution in [2.75, 3.05) is 26.0 Å². The summed E-state index contributed by atoms with van der Waals surface area (Å²) < 4.78 is 5.06. The van der Waals surface area contributed by atoms with Crippen LogP contribution in [0.3, 0.4) is 0 Å². The van der Waals surface area contributed by atoms with Crippen molar-refractivity contribution in [3.05, 3.63) is 69.3 Å². The average molecular weight is 371 g/mol. The van der Waals surface area contributed by atoms with Gasteiger partial charge in [0.2, 0.25) is 0 Å². The highest BCUT2D eigenvalue weighted by Gasteiger charge is 2.19. The summed E-state index contributed by atoms with van der Waals surface area (Å²) >= 11 is 0. The second-order valence-corrected chi connectivity index (χ2v) is 5.99. The van der Waals surface area contributed by atoms with Gasteiger partial charge in [-0.1, -0.05) is 24.3 Å². The lowest BCUT2D eigenvalue weighted by atomic mass is 10.1. The van der Waals surface area contributed by atoms with Crippen LogP contribution >= 0.6 is 0 Å². The van der Waals surface area contributed by atoms with E-state index in [4.69, 9.17) is 4.74 Å². The average Bonchev–Trinajstić information content (AvgIpc) is 2.66. The minimum absolute atomic E-state index is 0.000979. The topological polar surface area (TPSA) is 102 Å². The summed E-state index contributed by atoms with van der Waals surface area (Å²) in [5.41, 5.74) is 2.21. The van der Waals surface area contributed by atoms with Crippen molar-refractivity contribution in [2.45, 2.75) is 13.5 Å². The number of non-ortho nitro benzene ring substituents is 1. The number of hydrogen-bond donors (Lipinski definition) is 1. The first-order valence-corrected chi connectivity index (χ1v) is 8.25. The van der Waals surface area contributed by atoms with Crippen LogP contribution < -0.4 is 5.32 Å². The van der Waals surface area contributed by atoms with Gasteiger partial charge in [-0.3, -0.25) is 14.9 Å². The van der Waals surface area contributed by atoms with Crippen LogP contribution in [0.15, 0.2) is 42.5 Å². The van der Waals surface area contributed by atoms with Crippen molar-refractivity contribution in [3.63, 3.8) is 0 Å². The van der Waals surface area contributed by atoms with Gasteiger partial charge in [0, 0.05) is 38.5 Å². The fourth-order valence-electron chi connectivity index (χ4n) is 2.48. The third kappa shape index (κ3) is 5.04. The van der Waals surface area contributed by atoms with Gasteiger partial charge in [-0.05, 0) is 24.1 Å². The molecule has 0 unspecified atom stereocenters. The second-order valence-electron chi connectivity index (χ2n) is 5.99. The second kappa shape index (κ2) is 8.79. The van der Waals surface area contributed by atoms with E-state index in [2.05, 4.69) is 5.32 Å². The molecule has 2 aromatic carbocycles. The summed E-state index contributed by atoms with van der Waals surface area (Å²) in [6.07, 6.45) is 0. The molecule has 8 heteroatoms. The number of likely N-dealkylation sites (N-methyl/N-ethyl adjacent to an activating group) is 1. The highest BCUT2D eigenvalue weighted by atomic mass is 16.6. The number of benzene rings is 2. The van der Waals surface area contributed by atoms with E-state index < -0.39 is 17.5 Å². The number of nitrogens with zero attached hydrogens (tertiary/aromatic N) is 2. The van der Waals surface area contributed by atoms with Crippen LogP contribution in [-0.2, 0) is 16.1 Å². The molecule has 0 saturated carbocycles. The maximum atomic E-state index is 12.3. The molecule has 0 aromatic heterocycles. The Kier molecular flexibility index (Phi) is 6.48. The van der Waals surface area contributed by atoms with Crippen LogP contribution in [-0.4, -0.2) is 42.4 Å². The summed E-state index contributed by atoms with van der Waals surface area (Å²) in [6, 6.07) is 11.5. The highest BCUT2D eigenvalue weighted by Crippen LogP contribution is 2.22. The molecule has 8 nitrogen and oxygen atoms in total. The Bertz CT molecular complexity index is 866. The van der Waals surface area contributed by atoms with E-state index in [1.165, 1.54) is 17.0 Å². The minimum atomic E-state index is -0.805. The van der Waals surface area contributed by atoms with E-state index in [1.54, 1.807) is 14.1 Å². The van der Waals surface area contributed by atoms with Crippen LogP contribution in [0.25, 0.3) is 0 Å². The molecule has 0 aliphatic carbocycles. The Hall–Kier alpha value is -3.42. The van der Waals surface area contributed by atoms with Gasteiger partial charge in [-0.2, -0.15) is 0 Å². The van der Waals surface area contributed by atoms with Gasteiger partial charge in [0.25, 0.3) is 11.6 Å². The first kappa shape index (κ1) is 19.9. The fraction of sp³-hybridized carbons (Fsp3) is 0.263. The maximum absolute atomic E-state index is 12.3. The molecule has 142 valence electrons. The predicted octanol–water partition coefficient (Wildman–Crippen LogP) is 2.76. The standard InChI is InChI=1S/C19H21N3O5/c1-13-6-4-5-7-14(13)11-21(3)18(23)12-27-19(24)16-10-15(22(25)26)8-9-17(16)20-2/h4-10,20H,11-12H2,1-3H3. The zero-order valence-corrected chi connectivity index (χ0v) is 15.4. The van der Waals surface area contributed by atoms with E-state index in [1.807, 2.05) is 31.2 Å². The van der Waals surface area contributed by atoms with Gasteiger partial charge in [-0.25, -0.2) is 4.79 Å². The zero-order valence-electron chi connectivity index (χ0n) is 15.4. The lowest BCUT2D eigenvalue weighted by molar-refractivity contribution is -0.384. The highest BCUT2D eigenvalue weighted by molar-refractivity contribution is 5.97. The Morgan fingerprint density at radius 1 is 1.22 bits per heavy atom. The largest absolute Gasteiger partial charge is 0.452 e. The number of anilines is 1. The molecule has 0 spiro atoms. The van der Waals surface area contributed by atoms with E-state index in [-0.39, 0.29) is 17.2 Å². The van der Waals surface area contributed by atoms with Gasteiger partial charge >= 0.3 is 5.97 Å². The number of nitro benzene ring substituents is 1. The third-order valence-electron chi connectivity index (χ3n) is 4.12. The molecule has 0 radical (unpaired) electrons. The number of amides is 1. The monoisotopic (exact) mass is 371 g/mol. The molecule has 0 aliphatic rings.